The van der Waals surface area contributed by atoms with E-state index in [1.165, 1.54) is 4.90 Å². The fraction of sp³-hybridized carbons (Fsp3) is 0.485. The molecule has 0 radical (unpaired) electrons. The second kappa shape index (κ2) is 13.8. The molecule has 0 aromatic heterocycles. The predicted molar refractivity (Wildman–Crippen MR) is 162 cm³/mol. The van der Waals surface area contributed by atoms with Crippen molar-refractivity contribution < 1.29 is 24.0 Å². The smallest absolute Gasteiger partial charge is 0.245 e. The lowest BCUT2D eigenvalue weighted by Crippen LogP contribution is -2.62. The molecule has 2 aromatic carbocycles. The summed E-state index contributed by atoms with van der Waals surface area (Å²) in [5.41, 5.74) is 0.252. The Kier molecular flexibility index (Phi) is 10.2. The maximum Gasteiger partial charge on any atom is 0.245 e. The molecule has 2 aromatic rings. The van der Waals surface area contributed by atoms with Crippen molar-refractivity contribution in [2.75, 3.05) is 6.54 Å². The number of hydrogen-bond donors (Lipinski definition) is 4. The van der Waals surface area contributed by atoms with Crippen LogP contribution in [0.2, 0.25) is 0 Å². The monoisotopic (exact) mass is 589 g/mol. The van der Waals surface area contributed by atoms with Gasteiger partial charge in [0, 0.05) is 19.4 Å². The maximum atomic E-state index is 13.8. The molecule has 0 bridgehead atoms. The van der Waals surface area contributed by atoms with E-state index < -0.39 is 53.3 Å². The summed E-state index contributed by atoms with van der Waals surface area (Å²) < 4.78 is 0. The summed E-state index contributed by atoms with van der Waals surface area (Å²) in [4.78, 5) is 70.1. The number of amides is 5. The Balaban J connectivity index is 1.73. The molecular formula is C33H43N5O5. The zero-order valence-electron chi connectivity index (χ0n) is 25.4. The van der Waals surface area contributed by atoms with Crippen LogP contribution in [0.1, 0.15) is 58.1 Å². The molecule has 2 aliphatic rings. The van der Waals surface area contributed by atoms with Crippen LogP contribution in [-0.2, 0) is 36.8 Å². The van der Waals surface area contributed by atoms with Gasteiger partial charge < -0.3 is 26.2 Å². The number of carbonyl (C=O) groups excluding carboxylic acids is 5. The number of rotatable bonds is 6. The molecule has 0 saturated carbocycles. The van der Waals surface area contributed by atoms with Gasteiger partial charge in [0.15, 0.2) is 0 Å². The van der Waals surface area contributed by atoms with E-state index in [0.29, 0.717) is 25.8 Å². The summed E-state index contributed by atoms with van der Waals surface area (Å²) >= 11 is 0. The number of fused-ring (bicyclic) bond motifs is 1. The largest absolute Gasteiger partial charge is 0.342 e. The van der Waals surface area contributed by atoms with E-state index in [-0.39, 0.29) is 24.7 Å². The molecule has 10 nitrogen and oxygen atoms in total. The topological polar surface area (TPSA) is 137 Å². The minimum absolute atomic E-state index is 0.0799. The van der Waals surface area contributed by atoms with E-state index in [9.17, 15) is 24.0 Å². The van der Waals surface area contributed by atoms with Crippen LogP contribution in [0.25, 0.3) is 0 Å². The van der Waals surface area contributed by atoms with Gasteiger partial charge in [-0.1, -0.05) is 74.5 Å². The van der Waals surface area contributed by atoms with Gasteiger partial charge in [0.25, 0.3) is 0 Å². The quantitative estimate of drug-likeness (QED) is 0.408. The Morgan fingerprint density at radius 2 is 1.28 bits per heavy atom. The third kappa shape index (κ3) is 8.21. The number of nitrogens with zero attached hydrogens (tertiary/aromatic N) is 1. The van der Waals surface area contributed by atoms with Gasteiger partial charge in [-0.2, -0.15) is 0 Å². The molecule has 0 spiro atoms. The normalized spacial score (nSPS) is 25.1. The average molecular weight is 590 g/mol. The first-order valence-electron chi connectivity index (χ1n) is 15.1. The molecule has 0 unspecified atom stereocenters. The van der Waals surface area contributed by atoms with Crippen LogP contribution >= 0.6 is 0 Å². The van der Waals surface area contributed by atoms with Crippen LogP contribution in [0, 0.1) is 5.92 Å². The molecule has 2 saturated heterocycles. The molecule has 43 heavy (non-hydrogen) atoms. The molecule has 2 aliphatic heterocycles. The lowest BCUT2D eigenvalue weighted by molar-refractivity contribution is -0.143. The summed E-state index contributed by atoms with van der Waals surface area (Å²) in [6.07, 6.45) is 1.81. The standard InChI is InChI=1S/C33H43N5O5/c1-21(2)18-26-31(42)38-17-11-16-27(38)30(41)35-24(19-22-12-7-5-8-13-22)28(39)34-25(20-23-14-9-6-10-15-23)29(40)37-33(3,4)32(43)36-26/h5-10,12-15,21,24-27H,11,16-20H2,1-4H3,(H,34,39)(H,35,41)(H,36,43)(H,37,40)/t24-,25-,26-,27-/m0/s1. The van der Waals surface area contributed by atoms with Gasteiger partial charge in [-0.25, -0.2) is 0 Å². The van der Waals surface area contributed by atoms with Crippen molar-refractivity contribution in [2.24, 2.45) is 5.92 Å². The second-order valence-electron chi connectivity index (χ2n) is 12.5. The van der Waals surface area contributed by atoms with Crippen molar-refractivity contribution in [2.45, 2.75) is 89.5 Å². The van der Waals surface area contributed by atoms with Crippen molar-refractivity contribution in [3.8, 4) is 0 Å². The van der Waals surface area contributed by atoms with Crippen molar-refractivity contribution in [3.05, 3.63) is 71.8 Å². The summed E-state index contributed by atoms with van der Waals surface area (Å²) in [7, 11) is 0. The van der Waals surface area contributed by atoms with Crippen LogP contribution in [0.3, 0.4) is 0 Å². The van der Waals surface area contributed by atoms with Gasteiger partial charge in [-0.05, 0) is 50.2 Å². The summed E-state index contributed by atoms with van der Waals surface area (Å²) in [5, 5.41) is 11.4. The van der Waals surface area contributed by atoms with E-state index in [2.05, 4.69) is 21.3 Å². The number of nitrogens with one attached hydrogen (secondary N) is 4. The van der Waals surface area contributed by atoms with Crippen LogP contribution in [0.15, 0.2) is 60.7 Å². The lowest BCUT2D eigenvalue weighted by atomic mass is 9.98. The lowest BCUT2D eigenvalue weighted by Gasteiger charge is -2.32. The Labute approximate surface area is 253 Å². The highest BCUT2D eigenvalue weighted by molar-refractivity contribution is 5.99. The number of carbonyl (C=O) groups is 5. The molecular weight excluding hydrogens is 546 g/mol. The van der Waals surface area contributed by atoms with Gasteiger partial charge in [0.2, 0.25) is 29.5 Å². The highest BCUT2D eigenvalue weighted by Gasteiger charge is 2.42. The van der Waals surface area contributed by atoms with Gasteiger partial charge in [-0.15, -0.1) is 0 Å². The van der Waals surface area contributed by atoms with Gasteiger partial charge in [-0.3, -0.25) is 24.0 Å². The van der Waals surface area contributed by atoms with Crippen LogP contribution < -0.4 is 21.3 Å². The molecule has 10 heteroatoms. The minimum atomic E-state index is -1.39. The van der Waals surface area contributed by atoms with Crippen molar-refractivity contribution in [1.82, 2.24) is 26.2 Å². The van der Waals surface area contributed by atoms with E-state index in [1.54, 1.807) is 13.8 Å². The van der Waals surface area contributed by atoms with Crippen molar-refractivity contribution in [3.63, 3.8) is 0 Å². The first-order valence-corrected chi connectivity index (χ1v) is 15.1. The fourth-order valence-corrected chi connectivity index (χ4v) is 5.65. The Morgan fingerprint density at radius 1 is 0.744 bits per heavy atom. The third-order valence-electron chi connectivity index (χ3n) is 7.98. The third-order valence-corrected chi connectivity index (χ3v) is 7.98. The van der Waals surface area contributed by atoms with Gasteiger partial charge in [0.05, 0.1) is 0 Å². The highest BCUT2D eigenvalue weighted by atomic mass is 16.2. The number of hydrogen-bond acceptors (Lipinski definition) is 5. The molecule has 0 aliphatic carbocycles. The van der Waals surface area contributed by atoms with Crippen LogP contribution in [0.4, 0.5) is 0 Å². The first kappa shape index (κ1) is 31.7. The summed E-state index contributed by atoms with van der Waals surface area (Å²) in [6.45, 7) is 7.42. The van der Waals surface area contributed by atoms with E-state index in [4.69, 9.17) is 0 Å². The van der Waals surface area contributed by atoms with Crippen molar-refractivity contribution >= 4 is 29.5 Å². The zero-order chi connectivity index (χ0) is 31.1. The summed E-state index contributed by atoms with van der Waals surface area (Å²) in [5.74, 6) is -2.31. The van der Waals surface area contributed by atoms with Crippen molar-refractivity contribution in [1.29, 1.82) is 0 Å². The van der Waals surface area contributed by atoms with E-state index >= 15 is 0 Å². The Hall–Kier alpha value is -4.21. The Morgan fingerprint density at radius 3 is 1.84 bits per heavy atom. The molecule has 2 heterocycles. The van der Waals surface area contributed by atoms with Crippen LogP contribution in [0.5, 0.6) is 0 Å². The summed E-state index contributed by atoms with van der Waals surface area (Å²) in [6, 6.07) is 14.9. The van der Waals surface area contributed by atoms with Crippen LogP contribution in [-0.4, -0.2) is 70.7 Å². The van der Waals surface area contributed by atoms with Gasteiger partial charge >= 0.3 is 0 Å². The molecule has 4 atom stereocenters. The minimum Gasteiger partial charge on any atom is -0.342 e. The highest BCUT2D eigenvalue weighted by Crippen LogP contribution is 2.22. The fourth-order valence-electron chi connectivity index (χ4n) is 5.65. The molecule has 4 rings (SSSR count). The van der Waals surface area contributed by atoms with E-state index in [0.717, 1.165) is 11.1 Å². The molecule has 230 valence electrons. The average Bonchev–Trinajstić information content (AvgIpc) is 3.46. The number of benzene rings is 2. The first-order chi connectivity index (χ1) is 20.4. The molecule has 2 fully saturated rings. The molecule has 4 N–H and O–H groups in total. The predicted octanol–water partition coefficient (Wildman–Crippen LogP) is 1.87. The maximum absolute atomic E-state index is 13.8. The van der Waals surface area contributed by atoms with Gasteiger partial charge in [0.1, 0.15) is 29.7 Å². The SMILES string of the molecule is CC(C)C[C@@H]1NC(=O)C(C)(C)NC(=O)[C@H](Cc2ccccc2)NC(=O)[C@H](Cc2ccccc2)NC(=O)[C@@H]2CCCN2C1=O. The Bertz CT molecular complexity index is 1310. The second-order valence-corrected chi connectivity index (χ2v) is 12.5. The molecule has 5 amide bonds. The zero-order valence-corrected chi connectivity index (χ0v) is 25.4. The van der Waals surface area contributed by atoms with E-state index in [1.807, 2.05) is 74.5 Å².